The number of aromatic nitrogens is 2. The minimum atomic E-state index is -0.982. The minimum Gasteiger partial charge on any atom is -0.455 e. The van der Waals surface area contributed by atoms with E-state index in [0.717, 1.165) is 49.9 Å². The highest BCUT2D eigenvalue weighted by Crippen LogP contribution is 2.44. The van der Waals surface area contributed by atoms with E-state index in [9.17, 15) is 0 Å². The number of hydrogen-bond acceptors (Lipinski definition) is 2. The SMILES string of the molecule is CC(C)c1cc(-c2ccc(C3CC[Si](C)(C)CC3)cc2)cc(C(C)C)c1-n1c(-c2cccc3c2oc2cc(-c4ccccc4)ccc23)nc2ccccc21. The Hall–Kier alpha value is -5.19. The summed E-state index contributed by atoms with van der Waals surface area (Å²) in [5.41, 5.74) is 15.1. The zero-order valence-electron chi connectivity index (χ0n) is 32.5. The number of furan rings is 1. The lowest BCUT2D eigenvalue weighted by atomic mass is 9.87. The van der Waals surface area contributed by atoms with Gasteiger partial charge in [0, 0.05) is 18.8 Å². The van der Waals surface area contributed by atoms with E-state index in [0.29, 0.717) is 17.8 Å². The van der Waals surface area contributed by atoms with Crippen LogP contribution in [-0.4, -0.2) is 17.6 Å². The molecule has 3 heterocycles. The smallest absolute Gasteiger partial charge is 0.149 e. The van der Waals surface area contributed by atoms with Gasteiger partial charge in [0.05, 0.1) is 22.3 Å². The van der Waals surface area contributed by atoms with Crippen LogP contribution >= 0.6 is 0 Å². The average Bonchev–Trinajstić information content (AvgIpc) is 3.76. The summed E-state index contributed by atoms with van der Waals surface area (Å²) in [6.45, 7) is 14.4. The van der Waals surface area contributed by atoms with Gasteiger partial charge in [0.1, 0.15) is 17.0 Å². The van der Waals surface area contributed by atoms with E-state index in [1.54, 1.807) is 0 Å². The third-order valence-electron chi connectivity index (χ3n) is 12.1. The first kappa shape index (κ1) is 34.6. The average molecular weight is 723 g/mol. The molecule has 2 aromatic heterocycles. The number of para-hydroxylation sites is 3. The maximum absolute atomic E-state index is 6.83. The normalized spacial score (nSPS) is 15.0. The summed E-state index contributed by atoms with van der Waals surface area (Å²) in [6, 6.07) is 49.5. The van der Waals surface area contributed by atoms with E-state index in [1.807, 2.05) is 0 Å². The van der Waals surface area contributed by atoms with E-state index in [4.69, 9.17) is 9.40 Å². The molecule has 0 atom stereocenters. The number of hydrogen-bond donors (Lipinski definition) is 0. The molecular weight excluding hydrogens is 673 g/mol. The van der Waals surface area contributed by atoms with Crippen molar-refractivity contribution in [2.45, 2.75) is 83.5 Å². The lowest BCUT2D eigenvalue weighted by molar-refractivity contribution is 0.602. The van der Waals surface area contributed by atoms with Crippen LogP contribution in [0.1, 0.15) is 75.0 Å². The van der Waals surface area contributed by atoms with Gasteiger partial charge in [0.15, 0.2) is 0 Å². The molecule has 1 aliphatic heterocycles. The fraction of sp³-hybridized carbons (Fsp3) is 0.260. The van der Waals surface area contributed by atoms with Gasteiger partial charge in [0.25, 0.3) is 0 Å². The molecule has 0 N–H and O–H groups in total. The Labute approximate surface area is 320 Å². The van der Waals surface area contributed by atoms with Gasteiger partial charge < -0.3 is 4.42 Å². The van der Waals surface area contributed by atoms with Crippen molar-refractivity contribution >= 4 is 41.0 Å². The molecule has 0 amide bonds. The quantitative estimate of drug-likeness (QED) is 0.153. The van der Waals surface area contributed by atoms with Crippen LogP contribution in [0.15, 0.2) is 132 Å². The number of nitrogens with zero attached hydrogens (tertiary/aromatic N) is 2. The van der Waals surface area contributed by atoms with Gasteiger partial charge >= 0.3 is 0 Å². The Morgan fingerprint density at radius 2 is 1.28 bits per heavy atom. The molecule has 1 aliphatic rings. The Bertz CT molecular complexity index is 2600. The standard InChI is InChI=1S/C50H50N2OSi/c1-32(2)43-29-39(36-21-19-35(20-22-36)37-25-27-54(5,6)28-26-37)30-44(33(3)4)48(43)52-46-18-11-10-17-45(46)51-50(52)42-16-12-15-41-40-24-23-38(31-47(40)53-49(41)42)34-13-8-7-9-14-34/h7-24,29-33,37H,25-28H2,1-6H3. The number of fused-ring (bicyclic) bond motifs is 4. The molecule has 0 radical (unpaired) electrons. The Morgan fingerprint density at radius 3 is 1.98 bits per heavy atom. The molecule has 6 aromatic carbocycles. The van der Waals surface area contributed by atoms with Gasteiger partial charge in [0.2, 0.25) is 0 Å². The molecule has 0 spiro atoms. The largest absolute Gasteiger partial charge is 0.455 e. The Balaban J connectivity index is 1.21. The predicted octanol–water partition coefficient (Wildman–Crippen LogP) is 14.8. The molecule has 0 aliphatic carbocycles. The van der Waals surface area contributed by atoms with E-state index in [2.05, 4.69) is 173 Å². The van der Waals surface area contributed by atoms with Crippen LogP contribution in [0.4, 0.5) is 0 Å². The van der Waals surface area contributed by atoms with Gasteiger partial charge in [-0.3, -0.25) is 4.57 Å². The van der Waals surface area contributed by atoms with E-state index < -0.39 is 8.07 Å². The first-order valence-electron chi connectivity index (χ1n) is 19.9. The van der Waals surface area contributed by atoms with Crippen LogP contribution < -0.4 is 0 Å². The highest BCUT2D eigenvalue weighted by Gasteiger charge is 2.30. The topological polar surface area (TPSA) is 31.0 Å². The van der Waals surface area contributed by atoms with Gasteiger partial charge in [-0.05, 0) is 112 Å². The molecule has 9 rings (SSSR count). The molecule has 0 bridgehead atoms. The number of imidazole rings is 1. The lowest BCUT2D eigenvalue weighted by Crippen LogP contribution is -2.30. The van der Waals surface area contributed by atoms with E-state index >= 15 is 0 Å². The second-order valence-corrected chi connectivity index (χ2v) is 22.3. The summed E-state index contributed by atoms with van der Waals surface area (Å²) in [5.74, 6) is 2.19. The minimum absolute atomic E-state index is 0.291. The molecule has 270 valence electrons. The molecule has 1 saturated heterocycles. The summed E-state index contributed by atoms with van der Waals surface area (Å²) in [5, 5.41) is 2.22. The van der Waals surface area contributed by atoms with E-state index in [-0.39, 0.29) is 0 Å². The molecule has 4 heteroatoms. The van der Waals surface area contributed by atoms with Crippen LogP contribution in [-0.2, 0) is 0 Å². The summed E-state index contributed by atoms with van der Waals surface area (Å²) >= 11 is 0. The summed E-state index contributed by atoms with van der Waals surface area (Å²) in [7, 11) is -0.982. The summed E-state index contributed by atoms with van der Waals surface area (Å²) < 4.78 is 9.26. The second kappa shape index (κ2) is 13.6. The summed E-state index contributed by atoms with van der Waals surface area (Å²) in [4.78, 5) is 5.39. The third-order valence-corrected chi connectivity index (χ3v) is 15.4. The maximum Gasteiger partial charge on any atom is 0.149 e. The van der Waals surface area contributed by atoms with Crippen LogP contribution in [0.5, 0.6) is 0 Å². The van der Waals surface area contributed by atoms with E-state index in [1.165, 1.54) is 64.0 Å². The molecule has 1 fully saturated rings. The maximum atomic E-state index is 6.83. The number of benzene rings is 6. The first-order valence-corrected chi connectivity index (χ1v) is 23.3. The lowest BCUT2D eigenvalue weighted by Gasteiger charge is -2.33. The van der Waals surface area contributed by atoms with Crippen LogP contribution in [0.2, 0.25) is 25.2 Å². The third kappa shape index (κ3) is 6.11. The first-order chi connectivity index (χ1) is 26.1. The van der Waals surface area contributed by atoms with Crippen molar-refractivity contribution in [3.05, 3.63) is 144 Å². The van der Waals surface area contributed by atoms with Crippen molar-refractivity contribution in [1.82, 2.24) is 9.55 Å². The van der Waals surface area contributed by atoms with Gasteiger partial charge in [-0.1, -0.05) is 138 Å². The van der Waals surface area contributed by atoms with Crippen molar-refractivity contribution in [3.8, 4) is 39.3 Å². The number of rotatable bonds is 7. The Kier molecular flexibility index (Phi) is 8.70. The van der Waals surface area contributed by atoms with Gasteiger partial charge in [-0.15, -0.1) is 0 Å². The zero-order chi connectivity index (χ0) is 37.1. The van der Waals surface area contributed by atoms with Crippen molar-refractivity contribution in [2.24, 2.45) is 0 Å². The van der Waals surface area contributed by atoms with Crippen molar-refractivity contribution in [3.63, 3.8) is 0 Å². The molecule has 0 saturated carbocycles. The van der Waals surface area contributed by atoms with Crippen LogP contribution in [0.3, 0.4) is 0 Å². The van der Waals surface area contributed by atoms with Gasteiger partial charge in [-0.2, -0.15) is 0 Å². The van der Waals surface area contributed by atoms with Crippen molar-refractivity contribution in [1.29, 1.82) is 0 Å². The highest BCUT2D eigenvalue weighted by molar-refractivity contribution is 6.77. The van der Waals surface area contributed by atoms with Crippen molar-refractivity contribution in [2.75, 3.05) is 0 Å². The zero-order valence-corrected chi connectivity index (χ0v) is 33.5. The molecule has 8 aromatic rings. The summed E-state index contributed by atoms with van der Waals surface area (Å²) in [6.07, 6.45) is 2.69. The Morgan fingerprint density at radius 1 is 0.630 bits per heavy atom. The molecule has 0 unspecified atom stereocenters. The monoisotopic (exact) mass is 722 g/mol. The molecule has 3 nitrogen and oxygen atoms in total. The molecular formula is C50H50N2OSi. The van der Waals surface area contributed by atoms with Crippen molar-refractivity contribution < 1.29 is 4.42 Å². The predicted molar refractivity (Wildman–Crippen MR) is 232 cm³/mol. The van der Waals surface area contributed by atoms with Gasteiger partial charge in [-0.25, -0.2) is 4.98 Å². The van der Waals surface area contributed by atoms with Crippen LogP contribution in [0.25, 0.3) is 72.3 Å². The molecule has 54 heavy (non-hydrogen) atoms. The van der Waals surface area contributed by atoms with Crippen LogP contribution in [0, 0.1) is 0 Å². The second-order valence-electron chi connectivity index (χ2n) is 17.0. The highest BCUT2D eigenvalue weighted by atomic mass is 28.3. The fourth-order valence-corrected chi connectivity index (χ4v) is 11.4. The fourth-order valence-electron chi connectivity index (χ4n) is 8.88.